The standard InChI is InChI=1S/C17H27BrO2/c1-14(2)8-5-9-15(3)10-6-11-16(4)12-7-13-17(19)20-18/h8,10,12H,5-7,9,11,13H2,1-4H3. The van der Waals surface area contributed by atoms with Gasteiger partial charge in [0.1, 0.15) is 0 Å². The fourth-order valence-electron chi connectivity index (χ4n) is 1.81. The summed E-state index contributed by atoms with van der Waals surface area (Å²) in [6, 6.07) is 0. The average Bonchev–Trinajstić information content (AvgIpc) is 2.38. The van der Waals surface area contributed by atoms with E-state index in [9.17, 15) is 4.79 Å². The zero-order valence-corrected chi connectivity index (χ0v) is 14.8. The molecule has 114 valence electrons. The van der Waals surface area contributed by atoms with Crippen LogP contribution in [0.2, 0.25) is 0 Å². The van der Waals surface area contributed by atoms with Gasteiger partial charge < -0.3 is 3.83 Å². The molecule has 0 saturated carbocycles. The van der Waals surface area contributed by atoms with Gasteiger partial charge in [-0.25, -0.2) is 0 Å². The molecule has 0 fully saturated rings. The maximum absolute atomic E-state index is 10.9. The lowest BCUT2D eigenvalue weighted by atomic mass is 10.1. The molecule has 0 atom stereocenters. The topological polar surface area (TPSA) is 26.3 Å². The van der Waals surface area contributed by atoms with E-state index >= 15 is 0 Å². The molecule has 20 heavy (non-hydrogen) atoms. The summed E-state index contributed by atoms with van der Waals surface area (Å²) in [4.78, 5) is 10.9. The molecule has 0 amide bonds. The number of allylic oxidation sites excluding steroid dienone is 6. The molecule has 0 aliphatic rings. The second-order valence-corrected chi connectivity index (χ2v) is 5.77. The molecular weight excluding hydrogens is 316 g/mol. The molecule has 0 aromatic carbocycles. The predicted octanol–water partition coefficient (Wildman–Crippen LogP) is 6.04. The van der Waals surface area contributed by atoms with Crippen molar-refractivity contribution in [3.63, 3.8) is 0 Å². The fourth-order valence-corrected chi connectivity index (χ4v) is 1.98. The summed E-state index contributed by atoms with van der Waals surface area (Å²) < 4.78 is 4.43. The van der Waals surface area contributed by atoms with Crippen LogP contribution in [0.1, 0.15) is 66.2 Å². The van der Waals surface area contributed by atoms with Gasteiger partial charge in [-0.05, 0) is 59.8 Å². The van der Waals surface area contributed by atoms with Crippen molar-refractivity contribution >= 4 is 22.2 Å². The van der Waals surface area contributed by atoms with Crippen molar-refractivity contribution < 1.29 is 8.62 Å². The van der Waals surface area contributed by atoms with Crippen LogP contribution in [0, 0.1) is 0 Å². The summed E-state index contributed by atoms with van der Waals surface area (Å²) in [6.45, 7) is 8.59. The first-order valence-corrected chi connectivity index (χ1v) is 7.86. The van der Waals surface area contributed by atoms with E-state index in [0.717, 1.165) is 32.1 Å². The lowest BCUT2D eigenvalue weighted by Gasteiger charge is -2.01. The highest BCUT2D eigenvalue weighted by atomic mass is 79.9. The van der Waals surface area contributed by atoms with Crippen LogP contribution in [-0.4, -0.2) is 5.97 Å². The van der Waals surface area contributed by atoms with Gasteiger partial charge in [-0.3, -0.25) is 4.79 Å². The van der Waals surface area contributed by atoms with Crippen molar-refractivity contribution in [2.75, 3.05) is 0 Å². The van der Waals surface area contributed by atoms with Crippen LogP contribution < -0.4 is 0 Å². The van der Waals surface area contributed by atoms with Crippen molar-refractivity contribution in [2.45, 2.75) is 66.2 Å². The van der Waals surface area contributed by atoms with E-state index < -0.39 is 0 Å². The van der Waals surface area contributed by atoms with Gasteiger partial charge in [0.25, 0.3) is 0 Å². The molecule has 0 radical (unpaired) electrons. The Labute approximate surface area is 132 Å². The molecule has 0 N–H and O–H groups in total. The van der Waals surface area contributed by atoms with E-state index in [2.05, 4.69) is 66.0 Å². The Morgan fingerprint density at radius 2 is 1.30 bits per heavy atom. The number of rotatable bonds is 9. The second-order valence-electron chi connectivity index (χ2n) is 5.45. The van der Waals surface area contributed by atoms with Gasteiger partial charge >= 0.3 is 5.97 Å². The quantitative estimate of drug-likeness (QED) is 0.477. The molecule has 0 spiro atoms. The molecule has 0 aliphatic heterocycles. The van der Waals surface area contributed by atoms with Crippen LogP contribution in [0.5, 0.6) is 0 Å². The predicted molar refractivity (Wildman–Crippen MR) is 89.7 cm³/mol. The molecule has 0 rings (SSSR count). The Hall–Kier alpha value is -0.830. The molecule has 0 saturated heterocycles. The van der Waals surface area contributed by atoms with Crippen molar-refractivity contribution in [1.29, 1.82) is 0 Å². The smallest absolute Gasteiger partial charge is 0.317 e. The van der Waals surface area contributed by atoms with Crippen LogP contribution in [0.4, 0.5) is 0 Å². The van der Waals surface area contributed by atoms with Crippen molar-refractivity contribution in [1.82, 2.24) is 0 Å². The van der Waals surface area contributed by atoms with Gasteiger partial charge in [-0.15, -0.1) is 0 Å². The Morgan fingerprint density at radius 3 is 1.75 bits per heavy atom. The molecule has 0 heterocycles. The molecule has 0 unspecified atom stereocenters. The van der Waals surface area contributed by atoms with E-state index in [0.29, 0.717) is 6.42 Å². The second kappa shape index (κ2) is 12.0. The average molecular weight is 343 g/mol. The van der Waals surface area contributed by atoms with Gasteiger partial charge in [-0.2, -0.15) is 0 Å². The number of carbonyl (C=O) groups excluding carboxylic acids is 1. The van der Waals surface area contributed by atoms with Gasteiger partial charge in [0.15, 0.2) is 16.3 Å². The molecule has 0 bridgehead atoms. The molecule has 0 aromatic rings. The Kier molecular flexibility index (Phi) is 11.5. The Bertz CT molecular complexity index is 374. The number of carbonyl (C=O) groups is 1. The zero-order chi connectivity index (χ0) is 15.4. The first-order chi connectivity index (χ1) is 9.45. The molecule has 0 aliphatic carbocycles. The lowest BCUT2D eigenvalue weighted by molar-refractivity contribution is -0.132. The maximum Gasteiger partial charge on any atom is 0.317 e. The Balaban J connectivity index is 3.88. The SMILES string of the molecule is CC(C)=CCCC(C)=CCCC(C)=CCCC(=O)OBr. The maximum atomic E-state index is 10.9. The fraction of sp³-hybridized carbons (Fsp3) is 0.588. The van der Waals surface area contributed by atoms with E-state index in [1.807, 2.05) is 0 Å². The highest BCUT2D eigenvalue weighted by molar-refractivity contribution is 9.06. The number of halogens is 1. The monoisotopic (exact) mass is 342 g/mol. The number of hydrogen-bond acceptors (Lipinski definition) is 2. The number of hydrogen-bond donors (Lipinski definition) is 0. The lowest BCUT2D eigenvalue weighted by Crippen LogP contribution is -1.94. The first kappa shape index (κ1) is 19.2. The van der Waals surface area contributed by atoms with Crippen LogP contribution in [0.15, 0.2) is 34.9 Å². The van der Waals surface area contributed by atoms with E-state index in [1.165, 1.54) is 16.7 Å². The summed E-state index contributed by atoms with van der Waals surface area (Å²) in [7, 11) is 0. The summed E-state index contributed by atoms with van der Waals surface area (Å²) in [5, 5.41) is 0. The molecule has 3 heteroatoms. The largest absolute Gasteiger partial charge is 0.384 e. The molecule has 0 aromatic heterocycles. The van der Waals surface area contributed by atoms with E-state index in [4.69, 9.17) is 0 Å². The van der Waals surface area contributed by atoms with E-state index in [1.54, 1.807) is 0 Å². The minimum absolute atomic E-state index is 0.218. The summed E-state index contributed by atoms with van der Waals surface area (Å²) in [5.41, 5.74) is 4.18. The van der Waals surface area contributed by atoms with Crippen molar-refractivity contribution in [2.24, 2.45) is 0 Å². The Morgan fingerprint density at radius 1 is 0.850 bits per heavy atom. The van der Waals surface area contributed by atoms with Crippen molar-refractivity contribution in [3.05, 3.63) is 34.9 Å². The summed E-state index contributed by atoms with van der Waals surface area (Å²) >= 11 is 2.69. The highest BCUT2D eigenvalue weighted by Crippen LogP contribution is 2.12. The van der Waals surface area contributed by atoms with Gasteiger partial charge in [0, 0.05) is 6.42 Å². The normalized spacial score (nSPS) is 12.2. The van der Waals surface area contributed by atoms with Crippen LogP contribution in [0.25, 0.3) is 0 Å². The highest BCUT2D eigenvalue weighted by Gasteiger charge is 1.98. The molecular formula is C17H27BrO2. The van der Waals surface area contributed by atoms with Crippen LogP contribution in [0.3, 0.4) is 0 Å². The van der Waals surface area contributed by atoms with Crippen LogP contribution in [-0.2, 0) is 8.62 Å². The van der Waals surface area contributed by atoms with Crippen molar-refractivity contribution in [3.8, 4) is 0 Å². The minimum atomic E-state index is -0.218. The third-order valence-electron chi connectivity index (χ3n) is 3.05. The first-order valence-electron chi connectivity index (χ1n) is 7.21. The van der Waals surface area contributed by atoms with Gasteiger partial charge in [-0.1, -0.05) is 34.9 Å². The minimum Gasteiger partial charge on any atom is -0.384 e. The third kappa shape index (κ3) is 12.2. The van der Waals surface area contributed by atoms with Crippen LogP contribution >= 0.6 is 16.3 Å². The summed E-state index contributed by atoms with van der Waals surface area (Å²) in [6.07, 6.45) is 12.3. The zero-order valence-electron chi connectivity index (χ0n) is 13.2. The third-order valence-corrected chi connectivity index (χ3v) is 3.41. The van der Waals surface area contributed by atoms with E-state index in [-0.39, 0.29) is 5.97 Å². The molecule has 2 nitrogen and oxygen atoms in total. The van der Waals surface area contributed by atoms with Gasteiger partial charge in [0.2, 0.25) is 0 Å². The summed E-state index contributed by atoms with van der Waals surface area (Å²) in [5.74, 6) is -0.218. The van der Waals surface area contributed by atoms with Gasteiger partial charge in [0.05, 0.1) is 0 Å².